The molecule has 1 aromatic carbocycles. The highest BCUT2D eigenvalue weighted by molar-refractivity contribution is 7.09. The zero-order valence-electron chi connectivity index (χ0n) is 27.5. The number of hydrogen-bond donors (Lipinski definition) is 3. The van der Waals surface area contributed by atoms with Crippen molar-refractivity contribution in [3.05, 3.63) is 63.7 Å². The van der Waals surface area contributed by atoms with Crippen LogP contribution >= 0.6 is 11.3 Å². The Kier molecular flexibility index (Phi) is 14.5. The van der Waals surface area contributed by atoms with Crippen LogP contribution in [-0.4, -0.2) is 65.9 Å². The van der Waals surface area contributed by atoms with Gasteiger partial charge in [-0.25, -0.2) is 14.6 Å². The molecule has 0 spiro atoms. The number of amides is 4. The summed E-state index contributed by atoms with van der Waals surface area (Å²) in [5.74, 6) is 0.0141. The van der Waals surface area contributed by atoms with E-state index in [0.29, 0.717) is 38.1 Å². The monoisotopic (exact) mass is 638 g/mol. The van der Waals surface area contributed by atoms with E-state index in [2.05, 4.69) is 46.7 Å². The third-order valence-electron chi connectivity index (χ3n) is 7.64. The Morgan fingerprint density at radius 3 is 2.36 bits per heavy atom. The van der Waals surface area contributed by atoms with Gasteiger partial charge in [-0.2, -0.15) is 0 Å². The maximum atomic E-state index is 13.5. The van der Waals surface area contributed by atoms with Crippen molar-refractivity contribution in [3.8, 4) is 0 Å². The number of carbonyl (C=O) groups is 3. The fourth-order valence-corrected chi connectivity index (χ4v) is 5.88. The zero-order chi connectivity index (χ0) is 32.8. The SMILES string of the molecule is CCCC(CCC(Cc1ccccc1)NC(=O)OCC1=CN=CC1)NC(=O)C(NC(=O)N(C)Cc1csc(C(C)C)n1)C(C)C. The molecule has 3 N–H and O–H groups in total. The molecule has 0 saturated heterocycles. The molecule has 246 valence electrons. The summed E-state index contributed by atoms with van der Waals surface area (Å²) < 4.78 is 5.46. The maximum absolute atomic E-state index is 13.5. The molecule has 0 radical (unpaired) electrons. The third-order valence-corrected chi connectivity index (χ3v) is 8.83. The average molecular weight is 639 g/mol. The molecule has 1 aromatic heterocycles. The van der Waals surface area contributed by atoms with E-state index in [1.165, 1.54) is 0 Å². The van der Waals surface area contributed by atoms with Crippen LogP contribution in [0, 0.1) is 5.92 Å². The van der Waals surface area contributed by atoms with Gasteiger partial charge in [-0.3, -0.25) is 9.79 Å². The number of aliphatic imine (C=N–C) groups is 1. The summed E-state index contributed by atoms with van der Waals surface area (Å²) >= 11 is 1.59. The Balaban J connectivity index is 1.59. The summed E-state index contributed by atoms with van der Waals surface area (Å²) in [6, 6.07) is 8.70. The van der Waals surface area contributed by atoms with E-state index in [1.807, 2.05) is 49.6 Å². The van der Waals surface area contributed by atoms with Crippen molar-refractivity contribution in [2.75, 3.05) is 13.7 Å². The van der Waals surface area contributed by atoms with Gasteiger partial charge in [-0.1, -0.05) is 71.4 Å². The van der Waals surface area contributed by atoms with Gasteiger partial charge in [0.1, 0.15) is 12.6 Å². The molecule has 11 heteroatoms. The summed E-state index contributed by atoms with van der Waals surface area (Å²) in [6.45, 7) is 10.7. The topological polar surface area (TPSA) is 125 Å². The summed E-state index contributed by atoms with van der Waals surface area (Å²) in [5, 5.41) is 12.2. The maximum Gasteiger partial charge on any atom is 0.407 e. The number of rotatable bonds is 17. The summed E-state index contributed by atoms with van der Waals surface area (Å²) in [4.78, 5) is 49.6. The lowest BCUT2D eigenvalue weighted by atomic mass is 9.96. The van der Waals surface area contributed by atoms with Gasteiger partial charge < -0.3 is 25.6 Å². The Hall–Kier alpha value is -3.73. The predicted octanol–water partition coefficient (Wildman–Crippen LogP) is 6.19. The molecule has 1 aliphatic rings. The molecule has 0 saturated carbocycles. The van der Waals surface area contributed by atoms with Crippen LogP contribution < -0.4 is 16.0 Å². The highest BCUT2D eigenvalue weighted by atomic mass is 32.1. The smallest absolute Gasteiger partial charge is 0.407 e. The van der Waals surface area contributed by atoms with Gasteiger partial charge in [-0.05, 0) is 42.7 Å². The summed E-state index contributed by atoms with van der Waals surface area (Å²) in [5.41, 5.74) is 2.90. The first-order chi connectivity index (χ1) is 21.5. The molecule has 1 aliphatic heterocycles. The van der Waals surface area contributed by atoms with Crippen molar-refractivity contribution in [2.45, 2.75) is 104 Å². The molecule has 3 unspecified atom stereocenters. The van der Waals surface area contributed by atoms with Gasteiger partial charge in [0.15, 0.2) is 0 Å². The molecule has 3 atom stereocenters. The molecule has 4 amide bonds. The number of hydrogen-bond acceptors (Lipinski definition) is 7. The van der Waals surface area contributed by atoms with Gasteiger partial charge in [-0.15, -0.1) is 11.3 Å². The number of carbonyl (C=O) groups excluding carboxylic acids is 3. The zero-order valence-corrected chi connectivity index (χ0v) is 28.4. The predicted molar refractivity (Wildman–Crippen MR) is 181 cm³/mol. The molecule has 3 rings (SSSR count). The first-order valence-electron chi connectivity index (χ1n) is 16.0. The molecule has 2 aromatic rings. The van der Waals surface area contributed by atoms with Gasteiger partial charge in [0, 0.05) is 49.3 Å². The fourth-order valence-electron chi connectivity index (χ4n) is 5.05. The van der Waals surface area contributed by atoms with Crippen LogP contribution in [0.4, 0.5) is 9.59 Å². The number of nitrogens with zero attached hydrogens (tertiary/aromatic N) is 3. The Bertz CT molecular complexity index is 1290. The lowest BCUT2D eigenvalue weighted by Gasteiger charge is -2.28. The fraction of sp³-hybridized carbons (Fsp3) is 0.559. The van der Waals surface area contributed by atoms with Crippen LogP contribution in [0.5, 0.6) is 0 Å². The van der Waals surface area contributed by atoms with E-state index in [1.54, 1.807) is 35.7 Å². The third kappa shape index (κ3) is 12.3. The Morgan fingerprint density at radius 2 is 1.73 bits per heavy atom. The van der Waals surface area contributed by atoms with Crippen LogP contribution in [0.15, 0.2) is 52.5 Å². The first kappa shape index (κ1) is 35.7. The van der Waals surface area contributed by atoms with E-state index >= 15 is 0 Å². The van der Waals surface area contributed by atoms with Crippen molar-refractivity contribution in [1.82, 2.24) is 25.8 Å². The molecule has 45 heavy (non-hydrogen) atoms. The van der Waals surface area contributed by atoms with Gasteiger partial charge in [0.25, 0.3) is 0 Å². The number of thiazole rings is 1. The summed E-state index contributed by atoms with van der Waals surface area (Å²) in [7, 11) is 1.71. The molecule has 0 aliphatic carbocycles. The van der Waals surface area contributed by atoms with E-state index in [4.69, 9.17) is 4.74 Å². The Labute approximate surface area is 272 Å². The van der Waals surface area contributed by atoms with Crippen LogP contribution in [-0.2, 0) is 22.5 Å². The van der Waals surface area contributed by atoms with Gasteiger partial charge in [0.05, 0.1) is 17.2 Å². The molecule has 0 fully saturated rings. The molecular formula is C34H50N6O4S. The number of aromatic nitrogens is 1. The molecular weight excluding hydrogens is 588 g/mol. The molecule has 10 nitrogen and oxygen atoms in total. The van der Waals surface area contributed by atoms with E-state index in [-0.39, 0.29) is 36.5 Å². The average Bonchev–Trinajstić information content (AvgIpc) is 3.70. The molecule has 2 heterocycles. The highest BCUT2D eigenvalue weighted by Crippen LogP contribution is 2.20. The minimum absolute atomic E-state index is 0.111. The number of nitrogens with one attached hydrogen (secondary N) is 3. The normalized spacial score (nSPS) is 14.5. The highest BCUT2D eigenvalue weighted by Gasteiger charge is 2.28. The summed E-state index contributed by atoms with van der Waals surface area (Å²) in [6.07, 6.45) is 7.35. The van der Waals surface area contributed by atoms with Gasteiger partial charge in [0.2, 0.25) is 5.91 Å². The van der Waals surface area contributed by atoms with Crippen molar-refractivity contribution in [1.29, 1.82) is 0 Å². The lowest BCUT2D eigenvalue weighted by Crippen LogP contribution is -2.54. The van der Waals surface area contributed by atoms with Gasteiger partial charge >= 0.3 is 12.1 Å². The van der Waals surface area contributed by atoms with Crippen molar-refractivity contribution < 1.29 is 19.1 Å². The van der Waals surface area contributed by atoms with Crippen molar-refractivity contribution in [3.63, 3.8) is 0 Å². The quantitative estimate of drug-likeness (QED) is 0.191. The number of urea groups is 1. The Morgan fingerprint density at radius 1 is 1.00 bits per heavy atom. The van der Waals surface area contributed by atoms with E-state index in [0.717, 1.165) is 34.7 Å². The minimum atomic E-state index is -0.692. The first-order valence-corrected chi connectivity index (χ1v) is 16.9. The lowest BCUT2D eigenvalue weighted by molar-refractivity contribution is -0.124. The van der Waals surface area contributed by atoms with Crippen molar-refractivity contribution >= 4 is 35.6 Å². The van der Waals surface area contributed by atoms with Crippen LogP contribution in [0.3, 0.4) is 0 Å². The standard InChI is InChI=1S/C34H50N6O4S/c1-7-11-27(14-15-28(18-25-12-9-8-10-13-25)38-34(43)44-21-26-16-17-35-19-26)36-31(41)30(23(2)3)39-33(42)40(6)20-29-22-45-32(37-29)24(4)5/h8-10,12-13,17,19,22-24,27-28,30H,7,11,14-16,18,20-21H2,1-6H3,(H,36,41)(H,38,43)(H,39,42). The van der Waals surface area contributed by atoms with E-state index in [9.17, 15) is 14.4 Å². The number of ether oxygens (including phenoxy) is 1. The number of benzene rings is 1. The second kappa shape index (κ2) is 18.3. The van der Waals surface area contributed by atoms with Crippen molar-refractivity contribution in [2.24, 2.45) is 10.9 Å². The largest absolute Gasteiger partial charge is 0.445 e. The number of alkyl carbamates (subject to hydrolysis) is 1. The minimum Gasteiger partial charge on any atom is -0.445 e. The van der Waals surface area contributed by atoms with Crippen LogP contribution in [0.25, 0.3) is 0 Å². The second-order valence-corrected chi connectivity index (χ2v) is 13.3. The van der Waals surface area contributed by atoms with Crippen LogP contribution in [0.2, 0.25) is 0 Å². The second-order valence-electron chi connectivity index (χ2n) is 12.4. The van der Waals surface area contributed by atoms with Crippen LogP contribution in [0.1, 0.15) is 88.9 Å². The molecule has 0 bridgehead atoms. The van der Waals surface area contributed by atoms with E-state index < -0.39 is 12.1 Å².